The molecule has 0 radical (unpaired) electrons. The van der Waals surface area contributed by atoms with Gasteiger partial charge in [0.15, 0.2) is 7.14 Å². The summed E-state index contributed by atoms with van der Waals surface area (Å²) in [5.74, 6) is 0. The van der Waals surface area contributed by atoms with E-state index in [2.05, 4.69) is 156 Å². The Bertz CT molecular complexity index is 3660. The molecule has 0 saturated carbocycles. The zero-order valence-electron chi connectivity index (χ0n) is 33.1. The first-order chi connectivity index (χ1) is 30.1. The lowest BCUT2D eigenvalue weighted by atomic mass is 9.95. The second-order valence-corrected chi connectivity index (χ2v) is 18.6. The van der Waals surface area contributed by atoms with E-state index in [4.69, 9.17) is 4.98 Å². The fraction of sp³-hybridized carbons (Fsp3) is 0. The minimum atomic E-state index is -3.05. The van der Waals surface area contributed by atoms with Crippen molar-refractivity contribution in [1.29, 1.82) is 0 Å². The van der Waals surface area contributed by atoms with Crippen LogP contribution < -0.4 is 15.9 Å². The van der Waals surface area contributed by atoms with E-state index in [1.54, 1.807) is 0 Å². The van der Waals surface area contributed by atoms with Gasteiger partial charge in [0.05, 0.1) is 16.6 Å². The van der Waals surface area contributed by atoms with Crippen LogP contribution in [0.3, 0.4) is 0 Å². The molecule has 0 aliphatic heterocycles. The van der Waals surface area contributed by atoms with E-state index >= 15 is 0 Å². The van der Waals surface area contributed by atoms with Gasteiger partial charge in [-0.15, -0.1) is 0 Å². The molecule has 2 aromatic heterocycles. The Hall–Kier alpha value is -7.58. The van der Waals surface area contributed by atoms with Gasteiger partial charge in [-0.05, 0) is 85.3 Å². The van der Waals surface area contributed by atoms with Crippen LogP contribution in [0.5, 0.6) is 0 Å². The normalized spacial score (nSPS) is 12.0. The number of pyridine rings is 1. The average molecular weight is 797 g/mol. The monoisotopic (exact) mass is 796 g/mol. The molecule has 2 heterocycles. The van der Waals surface area contributed by atoms with Crippen LogP contribution in [-0.2, 0) is 4.57 Å². The lowest BCUT2D eigenvalue weighted by molar-refractivity contribution is 0.592. The van der Waals surface area contributed by atoms with Crippen molar-refractivity contribution in [3.05, 3.63) is 224 Å². The average Bonchev–Trinajstić information content (AvgIpc) is 3.73. The van der Waals surface area contributed by atoms with Gasteiger partial charge in [0.1, 0.15) is 5.65 Å². The zero-order valence-corrected chi connectivity index (χ0v) is 34.0. The molecule has 286 valence electrons. The highest BCUT2D eigenvalue weighted by molar-refractivity contribution is 7.85. The molecule has 3 nitrogen and oxygen atoms in total. The zero-order chi connectivity index (χ0) is 40.5. The summed E-state index contributed by atoms with van der Waals surface area (Å²) < 4.78 is 17.3. The third kappa shape index (κ3) is 5.66. The van der Waals surface area contributed by atoms with Crippen molar-refractivity contribution in [3.63, 3.8) is 0 Å². The van der Waals surface area contributed by atoms with Crippen LogP contribution in [0.1, 0.15) is 0 Å². The second kappa shape index (κ2) is 14.0. The summed E-state index contributed by atoms with van der Waals surface area (Å²) in [5.41, 5.74) is 11.0. The second-order valence-electron chi connectivity index (χ2n) is 15.8. The molecule has 0 amide bonds. The molecule has 10 aromatic carbocycles. The maximum atomic E-state index is 14.9. The van der Waals surface area contributed by atoms with Crippen molar-refractivity contribution < 1.29 is 4.57 Å². The van der Waals surface area contributed by atoms with E-state index in [-0.39, 0.29) is 0 Å². The van der Waals surface area contributed by atoms with Crippen LogP contribution in [0.2, 0.25) is 0 Å². The van der Waals surface area contributed by atoms with Gasteiger partial charge in [-0.25, -0.2) is 4.98 Å². The summed E-state index contributed by atoms with van der Waals surface area (Å²) in [6.07, 6.45) is 0. The predicted octanol–water partition coefficient (Wildman–Crippen LogP) is 13.7. The molecule has 0 spiro atoms. The molecule has 0 bridgehead atoms. The Morgan fingerprint density at radius 2 is 0.902 bits per heavy atom. The van der Waals surface area contributed by atoms with E-state index in [0.717, 1.165) is 65.8 Å². The Morgan fingerprint density at radius 3 is 1.61 bits per heavy atom. The quantitative estimate of drug-likeness (QED) is 0.124. The third-order valence-corrected chi connectivity index (χ3v) is 15.5. The van der Waals surface area contributed by atoms with Gasteiger partial charge in [0.25, 0.3) is 0 Å². The van der Waals surface area contributed by atoms with E-state index in [9.17, 15) is 4.57 Å². The minimum absolute atomic E-state index is 0.825. The van der Waals surface area contributed by atoms with Gasteiger partial charge >= 0.3 is 0 Å². The summed E-state index contributed by atoms with van der Waals surface area (Å²) in [6, 6.07) is 78.6. The van der Waals surface area contributed by atoms with Crippen molar-refractivity contribution >= 4 is 83.0 Å². The maximum Gasteiger partial charge on any atom is 0.171 e. The van der Waals surface area contributed by atoms with Crippen molar-refractivity contribution in [3.8, 4) is 33.4 Å². The molecule has 0 N–H and O–H groups in total. The summed E-state index contributed by atoms with van der Waals surface area (Å²) >= 11 is 0. The fourth-order valence-electron chi connectivity index (χ4n) is 9.45. The number of aromatic nitrogens is 2. The van der Waals surface area contributed by atoms with E-state index in [0.29, 0.717) is 0 Å². The van der Waals surface area contributed by atoms with Gasteiger partial charge in [-0.1, -0.05) is 194 Å². The molecule has 12 aromatic rings. The number of rotatable bonds is 6. The number of nitrogens with zero attached hydrogens (tertiary/aromatic N) is 2. The fourth-order valence-corrected chi connectivity index (χ4v) is 12.1. The highest BCUT2D eigenvalue weighted by Crippen LogP contribution is 2.43. The molecular formula is C57H37N2OP. The Balaban J connectivity index is 0.977. The molecule has 61 heavy (non-hydrogen) atoms. The Labute approximate surface area is 353 Å². The van der Waals surface area contributed by atoms with Crippen molar-refractivity contribution in [2.45, 2.75) is 0 Å². The SMILES string of the molecule is O=P(c1ccccc1)(c1ccccc1)c1ccc(-c2ccc(-c3ccc4c(c3)c3c5ccccc5ccc3c3nc5ccc(-c6cccc7ccccc67)cc5n43)cc2)cc1. The number of benzene rings is 10. The van der Waals surface area contributed by atoms with Crippen LogP contribution in [0.4, 0.5) is 0 Å². The molecule has 0 unspecified atom stereocenters. The van der Waals surface area contributed by atoms with Crippen molar-refractivity contribution in [2.75, 3.05) is 0 Å². The van der Waals surface area contributed by atoms with Gasteiger partial charge in [-0.3, -0.25) is 4.40 Å². The van der Waals surface area contributed by atoms with Gasteiger partial charge in [0, 0.05) is 32.1 Å². The molecule has 0 atom stereocenters. The molecule has 0 aliphatic carbocycles. The first kappa shape index (κ1) is 35.4. The number of hydrogen-bond acceptors (Lipinski definition) is 2. The first-order valence-electron chi connectivity index (χ1n) is 20.7. The van der Waals surface area contributed by atoms with Gasteiger partial charge in [0.2, 0.25) is 0 Å². The lowest BCUT2D eigenvalue weighted by Crippen LogP contribution is -2.24. The van der Waals surface area contributed by atoms with Crippen LogP contribution in [-0.4, -0.2) is 9.38 Å². The van der Waals surface area contributed by atoms with Gasteiger partial charge in [-0.2, -0.15) is 0 Å². The maximum absolute atomic E-state index is 14.9. The summed E-state index contributed by atoms with van der Waals surface area (Å²) in [6.45, 7) is 0. The molecular weight excluding hydrogens is 760 g/mol. The highest BCUT2D eigenvalue weighted by Gasteiger charge is 2.29. The first-order valence-corrected chi connectivity index (χ1v) is 22.4. The topological polar surface area (TPSA) is 34.4 Å². The predicted molar refractivity (Wildman–Crippen MR) is 258 cm³/mol. The number of fused-ring (bicyclic) bond motifs is 11. The van der Waals surface area contributed by atoms with Crippen molar-refractivity contribution in [1.82, 2.24) is 9.38 Å². The standard InChI is InChI=1S/C57H37N2OP/c60-61(45-15-3-1-4-16-45,46-17-5-2-6-18-46)47-31-26-39(27-32-47)38-22-24-40(25-23-38)43-30-35-54-52(36-43)56-50-20-10-8-13-42(50)28-33-51(56)57-58-53-34-29-44(37-55(53)59(54)57)49-21-11-14-41-12-7-9-19-48(41)49/h1-37H. The minimum Gasteiger partial charge on any atom is -0.309 e. The van der Waals surface area contributed by atoms with Crippen LogP contribution >= 0.6 is 7.14 Å². The molecule has 0 fully saturated rings. The lowest BCUT2D eigenvalue weighted by Gasteiger charge is -2.20. The smallest absolute Gasteiger partial charge is 0.171 e. The number of imidazole rings is 1. The van der Waals surface area contributed by atoms with Crippen LogP contribution in [0.15, 0.2) is 224 Å². The molecule has 4 heteroatoms. The molecule has 0 aliphatic rings. The van der Waals surface area contributed by atoms with E-state index in [1.165, 1.54) is 43.4 Å². The molecule has 0 saturated heterocycles. The van der Waals surface area contributed by atoms with Crippen molar-refractivity contribution in [2.24, 2.45) is 0 Å². The number of hydrogen-bond donors (Lipinski definition) is 0. The van der Waals surface area contributed by atoms with Gasteiger partial charge < -0.3 is 4.57 Å². The van der Waals surface area contributed by atoms with E-state index in [1.807, 2.05) is 72.8 Å². The molecule has 12 rings (SSSR count). The summed E-state index contributed by atoms with van der Waals surface area (Å²) in [5, 5.41) is 10.9. The summed E-state index contributed by atoms with van der Waals surface area (Å²) in [7, 11) is -3.05. The van der Waals surface area contributed by atoms with Crippen LogP contribution in [0, 0.1) is 0 Å². The van der Waals surface area contributed by atoms with Crippen LogP contribution in [0.25, 0.3) is 93.3 Å². The van der Waals surface area contributed by atoms with E-state index < -0.39 is 7.14 Å². The summed E-state index contributed by atoms with van der Waals surface area (Å²) in [4.78, 5) is 5.31. The Kier molecular flexibility index (Phi) is 8.13. The Morgan fingerprint density at radius 1 is 0.361 bits per heavy atom. The highest BCUT2D eigenvalue weighted by atomic mass is 31.2. The third-order valence-electron chi connectivity index (χ3n) is 12.5. The largest absolute Gasteiger partial charge is 0.309 e.